The van der Waals surface area contributed by atoms with Crippen LogP contribution in [0.3, 0.4) is 0 Å². The van der Waals surface area contributed by atoms with Crippen molar-refractivity contribution in [3.05, 3.63) is 21.1 Å². The average Bonchev–Trinajstić information content (AvgIpc) is 2.34. The van der Waals surface area contributed by atoms with Crippen LogP contribution in [0.15, 0.2) is 26.0 Å². The van der Waals surface area contributed by atoms with Gasteiger partial charge in [-0.2, -0.15) is 0 Å². The summed E-state index contributed by atoms with van der Waals surface area (Å²) in [5.41, 5.74) is 6.21. The summed E-state index contributed by atoms with van der Waals surface area (Å²) in [5.74, 6) is 0. The molecule has 4 nitrogen and oxygen atoms in total. The molecular weight excluding hydrogens is 420 g/mol. The molecule has 1 atom stereocenters. The normalized spacial score (nSPS) is 13.3. The molecule has 1 rings (SSSR count). The Morgan fingerprint density at radius 2 is 1.71 bits per heavy atom. The van der Waals surface area contributed by atoms with E-state index >= 15 is 0 Å². The number of nitrogens with one attached hydrogen (secondary N) is 1. The van der Waals surface area contributed by atoms with E-state index in [-0.39, 0.29) is 10.9 Å². The van der Waals surface area contributed by atoms with Gasteiger partial charge in [0.05, 0.1) is 0 Å². The molecule has 0 bridgehead atoms. The first-order valence-electron chi connectivity index (χ1n) is 7.08. The summed E-state index contributed by atoms with van der Waals surface area (Å²) in [4.78, 5) is 0.203. The largest absolute Gasteiger partial charge is 0.399 e. The average molecular weight is 442 g/mol. The Balaban J connectivity index is 3.04. The van der Waals surface area contributed by atoms with E-state index in [0.29, 0.717) is 14.6 Å². The number of halogens is 2. The van der Waals surface area contributed by atoms with Gasteiger partial charge in [0.2, 0.25) is 10.0 Å². The summed E-state index contributed by atoms with van der Waals surface area (Å²) in [7, 11) is -3.59. The Kier molecular flexibility index (Phi) is 7.67. The highest BCUT2D eigenvalue weighted by Gasteiger charge is 2.24. The van der Waals surface area contributed by atoms with Crippen LogP contribution in [0.1, 0.15) is 46.0 Å². The molecule has 0 radical (unpaired) electrons. The third-order valence-corrected chi connectivity index (χ3v) is 6.55. The van der Waals surface area contributed by atoms with Crippen molar-refractivity contribution in [3.63, 3.8) is 0 Å². The van der Waals surface area contributed by atoms with Gasteiger partial charge in [0.15, 0.2) is 0 Å². The Labute approximate surface area is 144 Å². The van der Waals surface area contributed by atoms with Gasteiger partial charge in [-0.15, -0.1) is 0 Å². The molecule has 0 heterocycles. The summed E-state index contributed by atoms with van der Waals surface area (Å²) < 4.78 is 29.0. The Hall–Kier alpha value is -0.110. The fourth-order valence-electron chi connectivity index (χ4n) is 2.18. The molecule has 0 aliphatic carbocycles. The second-order valence-electron chi connectivity index (χ2n) is 5.06. The van der Waals surface area contributed by atoms with Gasteiger partial charge in [0.25, 0.3) is 0 Å². The van der Waals surface area contributed by atoms with Gasteiger partial charge in [-0.05, 0) is 56.8 Å². The van der Waals surface area contributed by atoms with Gasteiger partial charge in [0, 0.05) is 20.7 Å². The first-order valence-corrected chi connectivity index (χ1v) is 10.2. The molecule has 0 amide bonds. The summed E-state index contributed by atoms with van der Waals surface area (Å²) in [6, 6.07) is 3.16. The van der Waals surface area contributed by atoms with Crippen LogP contribution in [0.2, 0.25) is 0 Å². The van der Waals surface area contributed by atoms with Crippen molar-refractivity contribution in [1.82, 2.24) is 4.72 Å². The molecule has 0 saturated carbocycles. The maximum Gasteiger partial charge on any atom is 0.243 e. The molecule has 1 aromatic carbocycles. The highest BCUT2D eigenvalue weighted by atomic mass is 79.9. The zero-order valence-corrected chi connectivity index (χ0v) is 16.3. The fourth-order valence-corrected chi connectivity index (χ4v) is 6.10. The van der Waals surface area contributed by atoms with E-state index in [1.54, 1.807) is 12.1 Å². The van der Waals surface area contributed by atoms with E-state index in [2.05, 4.69) is 50.4 Å². The number of sulfonamides is 1. The van der Waals surface area contributed by atoms with Crippen LogP contribution >= 0.6 is 31.9 Å². The summed E-state index contributed by atoms with van der Waals surface area (Å²) in [6.07, 6.45) is 4.70. The lowest BCUT2D eigenvalue weighted by Gasteiger charge is -2.19. The number of rotatable bonds is 8. The second-order valence-corrected chi connectivity index (χ2v) is 8.42. The van der Waals surface area contributed by atoms with E-state index in [0.717, 1.165) is 32.1 Å². The molecule has 0 fully saturated rings. The van der Waals surface area contributed by atoms with Crippen molar-refractivity contribution in [1.29, 1.82) is 0 Å². The Bertz CT molecular complexity index is 553. The smallest absolute Gasteiger partial charge is 0.243 e. The van der Waals surface area contributed by atoms with Crippen molar-refractivity contribution in [2.45, 2.75) is 56.9 Å². The minimum absolute atomic E-state index is 0.0312. The zero-order valence-electron chi connectivity index (χ0n) is 12.3. The van der Waals surface area contributed by atoms with Crippen LogP contribution in [-0.2, 0) is 10.0 Å². The molecule has 0 spiro atoms. The third-order valence-electron chi connectivity index (χ3n) is 3.15. The fraction of sp³-hybridized carbons (Fsp3) is 0.571. The molecule has 7 heteroatoms. The van der Waals surface area contributed by atoms with Crippen LogP contribution in [0.4, 0.5) is 5.69 Å². The van der Waals surface area contributed by atoms with Gasteiger partial charge >= 0.3 is 0 Å². The van der Waals surface area contributed by atoms with Crippen molar-refractivity contribution in [2.24, 2.45) is 0 Å². The predicted octanol–water partition coefficient (Wildman–Crippen LogP) is 4.43. The molecule has 1 aromatic rings. The number of hydrogen-bond donors (Lipinski definition) is 2. The van der Waals surface area contributed by atoms with Crippen molar-refractivity contribution in [2.75, 3.05) is 5.73 Å². The number of nitrogen functional groups attached to an aromatic ring is 1. The minimum Gasteiger partial charge on any atom is -0.399 e. The molecule has 3 N–H and O–H groups in total. The molecule has 1 unspecified atom stereocenters. The zero-order chi connectivity index (χ0) is 16.0. The molecule has 0 aromatic heterocycles. The van der Waals surface area contributed by atoms with Gasteiger partial charge < -0.3 is 5.73 Å². The summed E-state index contributed by atoms with van der Waals surface area (Å²) >= 11 is 6.57. The minimum atomic E-state index is -3.59. The number of anilines is 1. The summed E-state index contributed by atoms with van der Waals surface area (Å²) in [6.45, 7) is 4.16. The van der Waals surface area contributed by atoms with E-state index in [1.165, 1.54) is 0 Å². The predicted molar refractivity (Wildman–Crippen MR) is 94.8 cm³/mol. The highest BCUT2D eigenvalue weighted by Crippen LogP contribution is 2.32. The molecule has 0 aliphatic heterocycles. The first kappa shape index (κ1) is 18.9. The molecular formula is C14H22Br2N2O2S. The topological polar surface area (TPSA) is 72.2 Å². The monoisotopic (exact) mass is 440 g/mol. The quantitative estimate of drug-likeness (QED) is 0.586. The molecule has 0 aliphatic rings. The molecule has 21 heavy (non-hydrogen) atoms. The number of hydrogen-bond acceptors (Lipinski definition) is 3. The van der Waals surface area contributed by atoms with Gasteiger partial charge in [-0.3, -0.25) is 0 Å². The van der Waals surface area contributed by atoms with Gasteiger partial charge in [-0.25, -0.2) is 13.1 Å². The highest BCUT2D eigenvalue weighted by molar-refractivity contribution is 9.11. The van der Waals surface area contributed by atoms with E-state index in [9.17, 15) is 8.42 Å². The van der Waals surface area contributed by atoms with Crippen molar-refractivity contribution >= 4 is 47.6 Å². The van der Waals surface area contributed by atoms with E-state index in [1.807, 2.05) is 0 Å². The maximum absolute atomic E-state index is 12.6. The second kappa shape index (κ2) is 8.50. The van der Waals surface area contributed by atoms with Gasteiger partial charge in [-0.1, -0.05) is 33.1 Å². The molecule has 0 saturated heterocycles. The lowest BCUT2D eigenvalue weighted by atomic mass is 10.1. The maximum atomic E-state index is 12.6. The Morgan fingerprint density at radius 1 is 1.14 bits per heavy atom. The number of nitrogens with two attached hydrogens (primary N) is 1. The SMILES string of the molecule is CCCCC(CCC)NS(=O)(=O)c1c(Br)cc(N)cc1Br. The van der Waals surface area contributed by atoms with Crippen molar-refractivity contribution in [3.8, 4) is 0 Å². The summed E-state index contributed by atoms with van der Waals surface area (Å²) in [5, 5.41) is 0. The van der Waals surface area contributed by atoms with Crippen LogP contribution in [-0.4, -0.2) is 14.5 Å². The third kappa shape index (κ3) is 5.54. The van der Waals surface area contributed by atoms with E-state index in [4.69, 9.17) is 5.73 Å². The number of benzene rings is 1. The molecule has 120 valence electrons. The lowest BCUT2D eigenvalue weighted by Crippen LogP contribution is -2.35. The Morgan fingerprint density at radius 3 is 2.19 bits per heavy atom. The lowest BCUT2D eigenvalue weighted by molar-refractivity contribution is 0.483. The standard InChI is InChI=1S/C14H22Br2N2O2S/c1-3-5-7-11(6-4-2)18-21(19,20)14-12(15)8-10(17)9-13(14)16/h8-9,11,18H,3-7,17H2,1-2H3. The number of unbranched alkanes of at least 4 members (excludes halogenated alkanes) is 1. The van der Waals surface area contributed by atoms with Crippen LogP contribution in [0, 0.1) is 0 Å². The van der Waals surface area contributed by atoms with Gasteiger partial charge in [0.1, 0.15) is 4.90 Å². The van der Waals surface area contributed by atoms with Crippen molar-refractivity contribution < 1.29 is 8.42 Å². The van der Waals surface area contributed by atoms with Crippen LogP contribution in [0.25, 0.3) is 0 Å². The van der Waals surface area contributed by atoms with E-state index < -0.39 is 10.0 Å². The van der Waals surface area contributed by atoms with Crippen LogP contribution in [0.5, 0.6) is 0 Å². The van der Waals surface area contributed by atoms with Crippen LogP contribution < -0.4 is 10.5 Å². The first-order chi connectivity index (χ1) is 9.81.